The zero-order valence-corrected chi connectivity index (χ0v) is 14.8. The molecule has 27 heavy (non-hydrogen) atoms. The maximum atomic E-state index is 13.0. The molecule has 6 heteroatoms. The Bertz CT molecular complexity index is 891. The van der Waals surface area contributed by atoms with Crippen molar-refractivity contribution in [1.82, 2.24) is 15.0 Å². The van der Waals surface area contributed by atoms with Gasteiger partial charge in [-0.25, -0.2) is 4.39 Å². The van der Waals surface area contributed by atoms with Crippen molar-refractivity contribution in [3.8, 4) is 11.4 Å². The van der Waals surface area contributed by atoms with Gasteiger partial charge >= 0.3 is 0 Å². The Morgan fingerprint density at radius 1 is 1.15 bits per heavy atom. The second-order valence-corrected chi connectivity index (χ2v) is 6.07. The minimum atomic E-state index is -0.325. The Hall–Kier alpha value is -3.28. The van der Waals surface area contributed by atoms with Crippen molar-refractivity contribution in [3.05, 3.63) is 84.5 Å². The third-order valence-corrected chi connectivity index (χ3v) is 4.04. The molecule has 0 aliphatic carbocycles. The third-order valence-electron chi connectivity index (χ3n) is 4.04. The van der Waals surface area contributed by atoms with Crippen LogP contribution in [0.15, 0.2) is 71.8 Å². The molecule has 1 aromatic heterocycles. The number of nitrogens with zero attached hydrogens (tertiary/aromatic N) is 3. The molecule has 0 radical (unpaired) electrons. The molecule has 0 aliphatic heterocycles. The van der Waals surface area contributed by atoms with E-state index in [0.29, 0.717) is 36.8 Å². The van der Waals surface area contributed by atoms with E-state index in [0.717, 1.165) is 5.56 Å². The largest absolute Gasteiger partial charge is 0.339 e. The molecule has 0 aliphatic rings. The zero-order valence-electron chi connectivity index (χ0n) is 14.8. The average Bonchev–Trinajstić information content (AvgIpc) is 3.16. The van der Waals surface area contributed by atoms with E-state index in [1.54, 1.807) is 23.1 Å². The maximum absolute atomic E-state index is 13.0. The van der Waals surface area contributed by atoms with Gasteiger partial charge in [-0.1, -0.05) is 41.6 Å². The highest BCUT2D eigenvalue weighted by molar-refractivity contribution is 5.76. The number of aryl methyl sites for hydroxylation is 1. The van der Waals surface area contributed by atoms with Crippen LogP contribution in [-0.2, 0) is 17.8 Å². The summed E-state index contributed by atoms with van der Waals surface area (Å²) in [7, 11) is 0. The molecule has 1 heterocycles. The first-order valence-corrected chi connectivity index (χ1v) is 8.67. The SMILES string of the molecule is C=CCN(Cc1ccccc1)C(=O)CCc1nc(-c2ccc(F)cc2)no1. The molecule has 0 bridgehead atoms. The number of aromatic nitrogens is 2. The number of carbonyl (C=O) groups excluding carboxylic acids is 1. The summed E-state index contributed by atoms with van der Waals surface area (Å²) in [5, 5.41) is 3.89. The Labute approximate surface area is 157 Å². The van der Waals surface area contributed by atoms with Crippen LogP contribution in [0.5, 0.6) is 0 Å². The summed E-state index contributed by atoms with van der Waals surface area (Å²) < 4.78 is 18.2. The minimum Gasteiger partial charge on any atom is -0.339 e. The van der Waals surface area contributed by atoms with Gasteiger partial charge in [-0.15, -0.1) is 6.58 Å². The van der Waals surface area contributed by atoms with Gasteiger partial charge in [0.25, 0.3) is 0 Å². The molecule has 3 rings (SSSR count). The fourth-order valence-corrected chi connectivity index (χ4v) is 2.66. The van der Waals surface area contributed by atoms with E-state index in [1.165, 1.54) is 12.1 Å². The highest BCUT2D eigenvalue weighted by atomic mass is 19.1. The second-order valence-electron chi connectivity index (χ2n) is 6.07. The first kappa shape index (κ1) is 18.5. The molecule has 0 saturated carbocycles. The van der Waals surface area contributed by atoms with Crippen LogP contribution in [0.2, 0.25) is 0 Å². The molecule has 0 N–H and O–H groups in total. The highest BCUT2D eigenvalue weighted by Gasteiger charge is 2.15. The van der Waals surface area contributed by atoms with Crippen LogP contribution in [0.3, 0.4) is 0 Å². The van der Waals surface area contributed by atoms with Gasteiger partial charge in [0.1, 0.15) is 5.82 Å². The molecule has 0 fully saturated rings. The number of rotatable bonds is 8. The minimum absolute atomic E-state index is 0.0136. The maximum Gasteiger partial charge on any atom is 0.227 e. The molecule has 1 amide bonds. The van der Waals surface area contributed by atoms with Crippen molar-refractivity contribution < 1.29 is 13.7 Å². The predicted molar refractivity (Wildman–Crippen MR) is 100 cm³/mol. The van der Waals surface area contributed by atoms with Gasteiger partial charge in [-0.3, -0.25) is 4.79 Å². The first-order chi connectivity index (χ1) is 13.2. The fourth-order valence-electron chi connectivity index (χ4n) is 2.66. The van der Waals surface area contributed by atoms with E-state index in [9.17, 15) is 9.18 Å². The van der Waals surface area contributed by atoms with E-state index >= 15 is 0 Å². The van der Waals surface area contributed by atoms with Gasteiger partial charge in [0, 0.05) is 31.5 Å². The van der Waals surface area contributed by atoms with Gasteiger partial charge in [-0.2, -0.15) is 4.98 Å². The number of halogens is 1. The van der Waals surface area contributed by atoms with Crippen molar-refractivity contribution in [3.63, 3.8) is 0 Å². The lowest BCUT2D eigenvalue weighted by Gasteiger charge is -2.21. The Morgan fingerprint density at radius 2 is 1.89 bits per heavy atom. The molecule has 0 unspecified atom stereocenters. The van der Waals surface area contributed by atoms with Crippen LogP contribution in [0, 0.1) is 5.82 Å². The van der Waals surface area contributed by atoms with Crippen LogP contribution < -0.4 is 0 Å². The monoisotopic (exact) mass is 365 g/mol. The summed E-state index contributed by atoms with van der Waals surface area (Å²) in [6.07, 6.45) is 2.31. The Balaban J connectivity index is 1.60. The van der Waals surface area contributed by atoms with E-state index in [-0.39, 0.29) is 18.1 Å². The summed E-state index contributed by atoms with van der Waals surface area (Å²) >= 11 is 0. The van der Waals surface area contributed by atoms with Crippen LogP contribution in [0.25, 0.3) is 11.4 Å². The predicted octanol–water partition coefficient (Wildman–Crippen LogP) is 4.02. The third kappa shape index (κ3) is 5.10. The molecule has 3 aromatic rings. The molecule has 138 valence electrons. The topological polar surface area (TPSA) is 59.2 Å². The van der Waals surface area contributed by atoms with Gasteiger partial charge in [0.2, 0.25) is 17.6 Å². The van der Waals surface area contributed by atoms with Crippen LogP contribution >= 0.6 is 0 Å². The normalized spacial score (nSPS) is 10.6. The van der Waals surface area contributed by atoms with E-state index in [4.69, 9.17) is 4.52 Å². The van der Waals surface area contributed by atoms with E-state index in [1.807, 2.05) is 30.3 Å². The molecule has 0 saturated heterocycles. The molecular weight excluding hydrogens is 345 g/mol. The highest BCUT2D eigenvalue weighted by Crippen LogP contribution is 2.17. The molecule has 2 aromatic carbocycles. The zero-order chi connectivity index (χ0) is 19.1. The Kier molecular flexibility index (Phi) is 6.10. The molecular formula is C21H20FN3O2. The van der Waals surface area contributed by atoms with Crippen molar-refractivity contribution >= 4 is 5.91 Å². The van der Waals surface area contributed by atoms with Crippen molar-refractivity contribution in [2.75, 3.05) is 6.54 Å². The number of amides is 1. The summed E-state index contributed by atoms with van der Waals surface area (Å²) in [5.41, 5.74) is 1.72. The smallest absolute Gasteiger partial charge is 0.227 e. The van der Waals surface area contributed by atoms with Crippen LogP contribution in [0.4, 0.5) is 4.39 Å². The summed E-state index contributed by atoms with van der Waals surface area (Å²) in [4.78, 5) is 18.6. The van der Waals surface area contributed by atoms with Crippen molar-refractivity contribution in [1.29, 1.82) is 0 Å². The average molecular weight is 365 g/mol. The van der Waals surface area contributed by atoms with Gasteiger partial charge in [0.15, 0.2) is 0 Å². The molecule has 0 spiro atoms. The molecule has 0 atom stereocenters. The number of benzene rings is 2. The lowest BCUT2D eigenvalue weighted by Crippen LogP contribution is -2.30. The summed E-state index contributed by atoms with van der Waals surface area (Å²) in [6, 6.07) is 15.6. The number of carbonyl (C=O) groups is 1. The lowest BCUT2D eigenvalue weighted by molar-refractivity contribution is -0.131. The first-order valence-electron chi connectivity index (χ1n) is 8.67. The number of hydrogen-bond donors (Lipinski definition) is 0. The standard InChI is InChI=1S/C21H20FN3O2/c1-2-14-25(15-16-6-4-3-5-7-16)20(26)13-12-19-23-21(24-27-19)17-8-10-18(22)11-9-17/h2-11H,1,12-15H2. The van der Waals surface area contributed by atoms with E-state index < -0.39 is 0 Å². The van der Waals surface area contributed by atoms with Crippen LogP contribution in [0.1, 0.15) is 17.9 Å². The van der Waals surface area contributed by atoms with Gasteiger partial charge < -0.3 is 9.42 Å². The molecule has 5 nitrogen and oxygen atoms in total. The van der Waals surface area contributed by atoms with Gasteiger partial charge in [-0.05, 0) is 29.8 Å². The quantitative estimate of drug-likeness (QED) is 0.566. The van der Waals surface area contributed by atoms with Crippen LogP contribution in [-0.4, -0.2) is 27.5 Å². The summed E-state index contributed by atoms with van der Waals surface area (Å²) in [5.74, 6) is 0.416. The van der Waals surface area contributed by atoms with E-state index in [2.05, 4.69) is 16.7 Å². The fraction of sp³-hybridized carbons (Fsp3) is 0.190. The summed E-state index contributed by atoms with van der Waals surface area (Å²) in [6.45, 7) is 4.72. The van der Waals surface area contributed by atoms with Gasteiger partial charge in [0.05, 0.1) is 0 Å². The van der Waals surface area contributed by atoms with Crippen molar-refractivity contribution in [2.24, 2.45) is 0 Å². The number of hydrogen-bond acceptors (Lipinski definition) is 4. The van der Waals surface area contributed by atoms with Crippen molar-refractivity contribution in [2.45, 2.75) is 19.4 Å². The Morgan fingerprint density at radius 3 is 2.59 bits per heavy atom. The second kappa shape index (κ2) is 8.89. The lowest BCUT2D eigenvalue weighted by atomic mass is 10.2.